The van der Waals surface area contributed by atoms with E-state index in [9.17, 15) is 19.2 Å². The van der Waals surface area contributed by atoms with Gasteiger partial charge in [-0.15, -0.1) is 0 Å². The summed E-state index contributed by atoms with van der Waals surface area (Å²) >= 11 is 0. The third-order valence-electron chi connectivity index (χ3n) is 5.54. The molecule has 2 aliphatic rings. The second-order valence-electron chi connectivity index (χ2n) is 7.70. The average Bonchev–Trinajstić information content (AvgIpc) is 3.32. The van der Waals surface area contributed by atoms with Crippen LogP contribution in [-0.2, 0) is 15.1 Å². The Hall–Kier alpha value is -3.88. The van der Waals surface area contributed by atoms with Gasteiger partial charge in [-0.1, -0.05) is 43.7 Å². The molecule has 1 fully saturated rings. The fourth-order valence-corrected chi connectivity index (χ4v) is 4.05. The van der Waals surface area contributed by atoms with E-state index in [1.54, 1.807) is 24.3 Å². The third kappa shape index (κ3) is 3.66. The predicted molar refractivity (Wildman–Crippen MR) is 114 cm³/mol. The van der Waals surface area contributed by atoms with Gasteiger partial charge in [0, 0.05) is 11.6 Å². The molecular weight excluding hydrogens is 414 g/mol. The van der Waals surface area contributed by atoms with Crippen molar-refractivity contribution in [2.45, 2.75) is 32.2 Å². The molecule has 0 spiro atoms. The lowest BCUT2D eigenvalue weighted by molar-refractivity contribution is -0.134. The lowest BCUT2D eigenvalue weighted by Gasteiger charge is -2.26. The van der Waals surface area contributed by atoms with E-state index in [1.807, 2.05) is 13.0 Å². The summed E-state index contributed by atoms with van der Waals surface area (Å²) in [5, 5.41) is 5.40. The smallest absolute Gasteiger partial charge is 0.325 e. The molecule has 9 heteroatoms. The molecule has 4 rings (SSSR count). The lowest BCUT2D eigenvalue weighted by Crippen LogP contribution is -2.44. The first-order valence-corrected chi connectivity index (χ1v) is 10.3. The van der Waals surface area contributed by atoms with Crippen LogP contribution in [0.4, 0.5) is 10.5 Å². The highest BCUT2D eigenvalue weighted by molar-refractivity contribution is 6.11. The quantitative estimate of drug-likeness (QED) is 0.509. The molecule has 1 saturated heterocycles. The number of imide groups is 1. The van der Waals surface area contributed by atoms with Crippen molar-refractivity contribution in [2.75, 3.05) is 18.7 Å². The van der Waals surface area contributed by atoms with Crippen LogP contribution in [-0.4, -0.2) is 41.9 Å². The normalized spacial score (nSPS) is 19.1. The van der Waals surface area contributed by atoms with Gasteiger partial charge in [0.25, 0.3) is 5.91 Å². The number of ether oxygens (including phenoxy) is 2. The van der Waals surface area contributed by atoms with Crippen molar-refractivity contribution in [3.63, 3.8) is 0 Å². The monoisotopic (exact) mass is 437 g/mol. The van der Waals surface area contributed by atoms with Crippen molar-refractivity contribution in [2.24, 2.45) is 0 Å². The van der Waals surface area contributed by atoms with Crippen LogP contribution in [0, 0.1) is 0 Å². The van der Waals surface area contributed by atoms with Gasteiger partial charge in [0.05, 0.1) is 5.69 Å². The maximum absolute atomic E-state index is 13.3. The molecule has 0 aromatic heterocycles. The Labute approximate surface area is 184 Å². The Morgan fingerprint density at radius 2 is 1.81 bits per heavy atom. The summed E-state index contributed by atoms with van der Waals surface area (Å²) in [5.41, 5.74) is -0.0831. The summed E-state index contributed by atoms with van der Waals surface area (Å²) in [4.78, 5) is 51.7. The van der Waals surface area contributed by atoms with E-state index in [1.165, 1.54) is 19.1 Å². The van der Waals surface area contributed by atoms with Crippen LogP contribution in [0.5, 0.6) is 11.5 Å². The van der Waals surface area contributed by atoms with Crippen LogP contribution in [0.2, 0.25) is 0 Å². The number of rotatable bonds is 7. The van der Waals surface area contributed by atoms with Crippen LogP contribution in [0.3, 0.4) is 0 Å². The Morgan fingerprint density at radius 1 is 1.12 bits per heavy atom. The maximum atomic E-state index is 13.3. The Bertz CT molecular complexity index is 1100. The number of nitrogens with zero attached hydrogens (tertiary/aromatic N) is 1. The molecule has 32 heavy (non-hydrogen) atoms. The Kier molecular flexibility index (Phi) is 5.56. The molecule has 166 valence electrons. The van der Waals surface area contributed by atoms with E-state index in [-0.39, 0.29) is 23.8 Å². The molecule has 2 aromatic carbocycles. The number of benzene rings is 2. The number of amides is 4. The summed E-state index contributed by atoms with van der Waals surface area (Å²) in [6, 6.07) is 11.3. The zero-order valence-corrected chi connectivity index (χ0v) is 17.8. The number of Topliss-reactive ketones (excluding diaryl/α,β-unsaturated/α-hetero) is 1. The van der Waals surface area contributed by atoms with E-state index in [2.05, 4.69) is 10.6 Å². The molecule has 4 amide bonds. The fraction of sp³-hybridized carbons (Fsp3) is 0.304. The van der Waals surface area contributed by atoms with Gasteiger partial charge in [0.15, 0.2) is 17.3 Å². The molecule has 2 heterocycles. The molecule has 2 N–H and O–H groups in total. The fourth-order valence-electron chi connectivity index (χ4n) is 4.05. The minimum atomic E-state index is -1.21. The van der Waals surface area contributed by atoms with E-state index in [0.29, 0.717) is 29.9 Å². The Morgan fingerprint density at radius 3 is 2.47 bits per heavy atom. The molecule has 2 aliphatic heterocycles. The van der Waals surface area contributed by atoms with E-state index >= 15 is 0 Å². The van der Waals surface area contributed by atoms with Gasteiger partial charge in [-0.25, -0.2) is 4.79 Å². The summed E-state index contributed by atoms with van der Waals surface area (Å²) in [5.74, 6) is -0.570. The molecule has 0 bridgehead atoms. The number of carbonyl (C=O) groups is 4. The molecule has 0 radical (unpaired) electrons. The SMILES string of the molecule is CCCC1(c2ccccc2)NC(=O)N(CC(=O)Nc2cc3c(cc2C(C)=O)OCO3)C1=O. The van der Waals surface area contributed by atoms with Crippen molar-refractivity contribution in [3.05, 3.63) is 53.6 Å². The van der Waals surface area contributed by atoms with Crippen LogP contribution in [0.15, 0.2) is 42.5 Å². The summed E-state index contributed by atoms with van der Waals surface area (Å²) in [6.45, 7) is 2.81. The van der Waals surface area contributed by atoms with E-state index < -0.39 is 29.9 Å². The highest BCUT2D eigenvalue weighted by Gasteiger charge is 2.52. The largest absolute Gasteiger partial charge is 0.454 e. The van der Waals surface area contributed by atoms with Crippen LogP contribution in [0.25, 0.3) is 0 Å². The van der Waals surface area contributed by atoms with Gasteiger partial charge < -0.3 is 20.1 Å². The molecule has 1 unspecified atom stereocenters. The first-order chi connectivity index (χ1) is 15.4. The first kappa shape index (κ1) is 21.4. The van der Waals surface area contributed by atoms with Gasteiger partial charge in [-0.2, -0.15) is 0 Å². The van der Waals surface area contributed by atoms with Gasteiger partial charge in [0.2, 0.25) is 12.7 Å². The van der Waals surface area contributed by atoms with Crippen molar-refractivity contribution < 1.29 is 28.7 Å². The van der Waals surface area contributed by atoms with Crippen LogP contribution >= 0.6 is 0 Å². The third-order valence-corrected chi connectivity index (χ3v) is 5.54. The van der Waals surface area contributed by atoms with E-state index in [4.69, 9.17) is 9.47 Å². The van der Waals surface area contributed by atoms with Gasteiger partial charge in [-0.3, -0.25) is 19.3 Å². The predicted octanol–water partition coefficient (Wildman–Crippen LogP) is 2.80. The number of urea groups is 1. The van der Waals surface area contributed by atoms with Gasteiger partial charge in [0.1, 0.15) is 12.1 Å². The Balaban J connectivity index is 1.56. The van der Waals surface area contributed by atoms with Gasteiger partial charge >= 0.3 is 6.03 Å². The molecule has 2 aromatic rings. The standard InChI is InChI=1S/C23H23N3O6/c1-3-9-23(15-7-5-4-6-8-15)21(29)26(22(30)25-23)12-20(28)24-17-11-19-18(31-13-32-19)10-16(17)14(2)27/h4-8,10-11H,3,9,12-13H2,1-2H3,(H,24,28)(H,25,30). The number of ketones is 1. The number of hydrogen-bond donors (Lipinski definition) is 2. The van der Waals surface area contributed by atoms with E-state index in [0.717, 1.165) is 4.90 Å². The zero-order valence-electron chi connectivity index (χ0n) is 17.8. The number of fused-ring (bicyclic) bond motifs is 1. The average molecular weight is 437 g/mol. The highest BCUT2D eigenvalue weighted by Crippen LogP contribution is 2.37. The first-order valence-electron chi connectivity index (χ1n) is 10.3. The van der Waals surface area contributed by atoms with Crippen molar-refractivity contribution in [1.29, 1.82) is 0 Å². The number of anilines is 1. The summed E-state index contributed by atoms with van der Waals surface area (Å²) < 4.78 is 10.6. The number of hydrogen-bond acceptors (Lipinski definition) is 6. The minimum absolute atomic E-state index is 0.0194. The number of nitrogens with one attached hydrogen (secondary N) is 2. The molecule has 9 nitrogen and oxygen atoms in total. The molecule has 0 saturated carbocycles. The number of carbonyl (C=O) groups excluding carboxylic acids is 4. The maximum Gasteiger partial charge on any atom is 0.325 e. The van der Waals surface area contributed by atoms with Gasteiger partial charge in [-0.05, 0) is 25.0 Å². The summed E-state index contributed by atoms with van der Waals surface area (Å²) in [7, 11) is 0. The van der Waals surface area contributed by atoms with Crippen molar-refractivity contribution in [1.82, 2.24) is 10.2 Å². The highest BCUT2D eigenvalue weighted by atomic mass is 16.7. The lowest BCUT2D eigenvalue weighted by atomic mass is 9.85. The van der Waals surface area contributed by atoms with Crippen LogP contribution in [0.1, 0.15) is 42.6 Å². The molecule has 0 aliphatic carbocycles. The zero-order chi connectivity index (χ0) is 22.9. The van der Waals surface area contributed by atoms with Crippen molar-refractivity contribution in [3.8, 4) is 11.5 Å². The molecule has 1 atom stereocenters. The second-order valence-corrected chi connectivity index (χ2v) is 7.70. The minimum Gasteiger partial charge on any atom is -0.454 e. The van der Waals surface area contributed by atoms with Crippen molar-refractivity contribution >= 4 is 29.3 Å². The van der Waals surface area contributed by atoms with Crippen LogP contribution < -0.4 is 20.1 Å². The topological polar surface area (TPSA) is 114 Å². The second kappa shape index (κ2) is 8.33. The molecular formula is C23H23N3O6. The summed E-state index contributed by atoms with van der Waals surface area (Å²) in [6.07, 6.45) is 1.05.